The zero-order chi connectivity index (χ0) is 17.0. The van der Waals surface area contributed by atoms with Gasteiger partial charge in [0, 0.05) is 23.4 Å². The Morgan fingerprint density at radius 1 is 1.17 bits per heavy atom. The summed E-state index contributed by atoms with van der Waals surface area (Å²) in [6.07, 6.45) is 1.64. The number of hydrogen-bond donors (Lipinski definition) is 0. The van der Waals surface area contributed by atoms with Gasteiger partial charge in [-0.2, -0.15) is 5.10 Å². The van der Waals surface area contributed by atoms with Gasteiger partial charge in [0.25, 0.3) is 5.56 Å². The predicted octanol–water partition coefficient (Wildman–Crippen LogP) is 3.58. The van der Waals surface area contributed by atoms with Crippen LogP contribution in [0, 0.1) is 18.6 Å². The molecule has 0 aliphatic heterocycles. The number of aryl methyl sites for hydroxylation is 2. The summed E-state index contributed by atoms with van der Waals surface area (Å²) in [5.74, 6) is -1.34. The number of halogens is 2. The smallest absolute Gasteiger partial charge is 0.291 e. The van der Waals surface area contributed by atoms with Crippen molar-refractivity contribution in [1.29, 1.82) is 0 Å². The highest BCUT2D eigenvalue weighted by Gasteiger charge is 2.16. The van der Waals surface area contributed by atoms with E-state index in [0.29, 0.717) is 11.1 Å². The number of nitrogens with zero attached hydrogens (tertiary/aromatic N) is 3. The minimum Gasteiger partial charge on any atom is -0.338 e. The number of thiophene rings is 1. The lowest BCUT2D eigenvalue weighted by Gasteiger charge is -2.06. The lowest BCUT2D eigenvalue weighted by Crippen LogP contribution is -2.24. The first-order valence-electron chi connectivity index (χ1n) is 7.33. The molecule has 0 aliphatic carbocycles. The second kappa shape index (κ2) is 5.24. The third-order valence-corrected chi connectivity index (χ3v) is 5.12. The van der Waals surface area contributed by atoms with Crippen molar-refractivity contribution >= 4 is 32.5 Å². The molecular formula is C17H13F2N3OS. The average molecular weight is 345 g/mol. The highest BCUT2D eigenvalue weighted by atomic mass is 32.1. The van der Waals surface area contributed by atoms with E-state index in [4.69, 9.17) is 0 Å². The molecule has 0 saturated carbocycles. The molecule has 0 amide bonds. The van der Waals surface area contributed by atoms with Gasteiger partial charge in [0.15, 0.2) is 0 Å². The third-order valence-electron chi connectivity index (χ3n) is 4.05. The van der Waals surface area contributed by atoms with E-state index >= 15 is 0 Å². The number of aromatic nitrogens is 3. The lowest BCUT2D eigenvalue weighted by molar-refractivity contribution is 0.571. The summed E-state index contributed by atoms with van der Waals surface area (Å²) in [5, 5.41) is 4.99. The molecule has 122 valence electrons. The molecule has 0 bridgehead atoms. The Kier molecular flexibility index (Phi) is 3.28. The molecule has 0 N–H and O–H groups in total. The van der Waals surface area contributed by atoms with Gasteiger partial charge in [-0.15, -0.1) is 11.3 Å². The van der Waals surface area contributed by atoms with Crippen LogP contribution in [0.15, 0.2) is 35.3 Å². The summed E-state index contributed by atoms with van der Waals surface area (Å²) in [6, 6.07) is 5.24. The van der Waals surface area contributed by atoms with Gasteiger partial charge >= 0.3 is 0 Å². The van der Waals surface area contributed by atoms with Crippen molar-refractivity contribution in [3.05, 3.63) is 62.9 Å². The molecule has 4 aromatic rings. The van der Waals surface area contributed by atoms with Crippen molar-refractivity contribution in [2.75, 3.05) is 0 Å². The van der Waals surface area contributed by atoms with E-state index in [1.54, 1.807) is 17.5 Å². The van der Waals surface area contributed by atoms with Crippen molar-refractivity contribution in [3.8, 4) is 0 Å². The molecule has 0 unspecified atom stereocenters. The summed E-state index contributed by atoms with van der Waals surface area (Å²) in [7, 11) is 1.84. The first kappa shape index (κ1) is 15.0. The van der Waals surface area contributed by atoms with Gasteiger partial charge in [0.2, 0.25) is 0 Å². The fraction of sp³-hybridized carbons (Fsp3) is 0.176. The van der Waals surface area contributed by atoms with Crippen molar-refractivity contribution in [2.45, 2.75) is 13.5 Å². The number of benzene rings is 1. The molecule has 3 aromatic heterocycles. The molecule has 0 spiro atoms. The van der Waals surface area contributed by atoms with Gasteiger partial charge in [-0.05, 0) is 30.7 Å². The average Bonchev–Trinajstić information content (AvgIpc) is 2.99. The molecule has 0 aliphatic rings. The Labute approximate surface area is 139 Å². The Hall–Kier alpha value is -2.54. The van der Waals surface area contributed by atoms with Crippen molar-refractivity contribution in [1.82, 2.24) is 14.3 Å². The summed E-state index contributed by atoms with van der Waals surface area (Å²) >= 11 is 1.62. The fourth-order valence-electron chi connectivity index (χ4n) is 3.02. The molecule has 0 atom stereocenters. The van der Waals surface area contributed by atoms with Crippen LogP contribution in [0.5, 0.6) is 0 Å². The second-order valence-corrected chi connectivity index (χ2v) is 7.03. The van der Waals surface area contributed by atoms with Crippen molar-refractivity contribution < 1.29 is 8.78 Å². The first-order valence-corrected chi connectivity index (χ1v) is 8.15. The Morgan fingerprint density at radius 2 is 1.88 bits per heavy atom. The number of hydrogen-bond acceptors (Lipinski definition) is 3. The van der Waals surface area contributed by atoms with Crippen LogP contribution in [-0.4, -0.2) is 14.3 Å². The van der Waals surface area contributed by atoms with E-state index in [2.05, 4.69) is 5.10 Å². The zero-order valence-electron chi connectivity index (χ0n) is 13.0. The minimum atomic E-state index is -0.672. The van der Waals surface area contributed by atoms with Crippen LogP contribution >= 0.6 is 11.3 Å². The maximum absolute atomic E-state index is 13.3. The fourth-order valence-corrected chi connectivity index (χ4v) is 4.07. The van der Waals surface area contributed by atoms with Crippen LogP contribution in [0.2, 0.25) is 0 Å². The quantitative estimate of drug-likeness (QED) is 0.557. The Balaban J connectivity index is 1.89. The molecule has 0 saturated heterocycles. The van der Waals surface area contributed by atoms with Crippen LogP contribution in [0.25, 0.3) is 21.1 Å². The second-order valence-electron chi connectivity index (χ2n) is 5.78. The van der Waals surface area contributed by atoms with E-state index in [0.717, 1.165) is 26.5 Å². The maximum Gasteiger partial charge on any atom is 0.291 e. The van der Waals surface area contributed by atoms with Crippen molar-refractivity contribution in [3.63, 3.8) is 0 Å². The van der Waals surface area contributed by atoms with Gasteiger partial charge in [0.1, 0.15) is 17.2 Å². The lowest BCUT2D eigenvalue weighted by atomic mass is 10.2. The van der Waals surface area contributed by atoms with E-state index in [-0.39, 0.29) is 12.1 Å². The molecular weight excluding hydrogens is 332 g/mol. The SMILES string of the molecule is Cc1cc2c(s1)c1cnn(Cc3cc(F)cc(F)c3)c(=O)c1n2C. The predicted molar refractivity (Wildman–Crippen MR) is 90.6 cm³/mol. The summed E-state index contributed by atoms with van der Waals surface area (Å²) in [4.78, 5) is 13.9. The van der Waals surface area contributed by atoms with Crippen molar-refractivity contribution in [2.24, 2.45) is 7.05 Å². The third kappa shape index (κ3) is 2.24. The molecule has 24 heavy (non-hydrogen) atoms. The standard InChI is InChI=1S/C17H13F2N3OS/c1-9-3-14-16(24-9)13-7-20-22(17(23)15(13)21(14)2)8-10-4-11(18)6-12(19)5-10/h3-7H,8H2,1-2H3. The van der Waals surface area contributed by atoms with Crippen LogP contribution in [0.3, 0.4) is 0 Å². The van der Waals surface area contributed by atoms with Crippen LogP contribution in [-0.2, 0) is 13.6 Å². The number of rotatable bonds is 2. The van der Waals surface area contributed by atoms with E-state index in [1.165, 1.54) is 16.8 Å². The molecule has 4 nitrogen and oxygen atoms in total. The molecule has 4 rings (SSSR count). The monoisotopic (exact) mass is 345 g/mol. The first-order chi connectivity index (χ1) is 11.4. The van der Waals surface area contributed by atoms with Gasteiger partial charge in [0.05, 0.1) is 23.0 Å². The summed E-state index contributed by atoms with van der Waals surface area (Å²) < 4.78 is 30.8. The minimum absolute atomic E-state index is 0.0152. The van der Waals surface area contributed by atoms with E-state index in [1.807, 2.05) is 24.6 Å². The summed E-state index contributed by atoms with van der Waals surface area (Å²) in [5.41, 5.74) is 1.61. The van der Waals surface area contributed by atoms with Crippen LogP contribution < -0.4 is 5.56 Å². The van der Waals surface area contributed by atoms with Crippen LogP contribution in [0.4, 0.5) is 8.78 Å². The normalized spacial score (nSPS) is 11.7. The zero-order valence-corrected chi connectivity index (χ0v) is 13.8. The Morgan fingerprint density at radius 3 is 2.58 bits per heavy atom. The maximum atomic E-state index is 13.3. The largest absolute Gasteiger partial charge is 0.338 e. The molecule has 7 heteroatoms. The summed E-state index contributed by atoms with van der Waals surface area (Å²) in [6.45, 7) is 2.03. The Bertz CT molecular complexity index is 1140. The van der Waals surface area contributed by atoms with E-state index in [9.17, 15) is 13.6 Å². The topological polar surface area (TPSA) is 39.8 Å². The van der Waals surface area contributed by atoms with Gasteiger partial charge in [-0.3, -0.25) is 4.79 Å². The molecule has 1 aromatic carbocycles. The van der Waals surface area contributed by atoms with Gasteiger partial charge in [-0.1, -0.05) is 0 Å². The highest BCUT2D eigenvalue weighted by molar-refractivity contribution is 7.20. The molecule has 0 fully saturated rings. The molecule has 3 heterocycles. The number of fused-ring (bicyclic) bond motifs is 3. The van der Waals surface area contributed by atoms with E-state index < -0.39 is 11.6 Å². The highest BCUT2D eigenvalue weighted by Crippen LogP contribution is 2.32. The molecule has 0 radical (unpaired) electrons. The van der Waals surface area contributed by atoms with Crippen LogP contribution in [0.1, 0.15) is 10.4 Å². The van der Waals surface area contributed by atoms with Gasteiger partial charge in [-0.25, -0.2) is 13.5 Å². The van der Waals surface area contributed by atoms with Gasteiger partial charge < -0.3 is 4.57 Å².